The maximum Gasteiger partial charge on any atom is 0.418 e. The van der Waals surface area contributed by atoms with Crippen LogP contribution in [0.3, 0.4) is 0 Å². The number of para-hydroxylation sites is 1. The van der Waals surface area contributed by atoms with E-state index in [4.69, 9.17) is 18.0 Å². The number of rotatable bonds is 3. The van der Waals surface area contributed by atoms with E-state index in [0.717, 1.165) is 6.07 Å². The molecule has 0 aliphatic carbocycles. The number of alkyl halides is 3. The van der Waals surface area contributed by atoms with Gasteiger partial charge in [-0.05, 0) is 18.2 Å². The van der Waals surface area contributed by atoms with Crippen molar-refractivity contribution in [1.82, 2.24) is 4.98 Å². The minimum absolute atomic E-state index is 0.0782. The number of anilines is 2. The number of halogens is 3. The highest BCUT2D eigenvalue weighted by molar-refractivity contribution is 7.80. The molecule has 0 spiro atoms. The van der Waals surface area contributed by atoms with Gasteiger partial charge in [0.05, 0.1) is 23.1 Å². The minimum Gasteiger partial charge on any atom is -0.389 e. The van der Waals surface area contributed by atoms with Crippen LogP contribution in [0.15, 0.2) is 42.7 Å². The lowest BCUT2D eigenvalue weighted by Crippen LogP contribution is -2.13. The Hall–Kier alpha value is -2.15. The Kier molecular flexibility index (Phi) is 3.89. The smallest absolute Gasteiger partial charge is 0.389 e. The Morgan fingerprint density at radius 3 is 2.50 bits per heavy atom. The van der Waals surface area contributed by atoms with Crippen LogP contribution in [0, 0.1) is 0 Å². The van der Waals surface area contributed by atoms with Crippen molar-refractivity contribution in [3.63, 3.8) is 0 Å². The van der Waals surface area contributed by atoms with Gasteiger partial charge in [-0.15, -0.1) is 0 Å². The second-order valence-corrected chi connectivity index (χ2v) is 4.39. The Bertz CT molecular complexity index is 641. The van der Waals surface area contributed by atoms with Crippen LogP contribution in [0.4, 0.5) is 24.5 Å². The zero-order valence-corrected chi connectivity index (χ0v) is 10.9. The summed E-state index contributed by atoms with van der Waals surface area (Å²) in [7, 11) is 0. The molecule has 2 rings (SSSR count). The van der Waals surface area contributed by atoms with Crippen LogP contribution in [0.25, 0.3) is 0 Å². The van der Waals surface area contributed by atoms with Crippen LogP contribution in [-0.4, -0.2) is 9.97 Å². The van der Waals surface area contributed by atoms with Gasteiger partial charge in [-0.2, -0.15) is 13.2 Å². The summed E-state index contributed by atoms with van der Waals surface area (Å²) in [6, 6.07) is 6.71. The molecular formula is C13H10F3N3S. The molecule has 3 nitrogen and oxygen atoms in total. The SMILES string of the molecule is NC(=S)c1ccncc1Nc1ccccc1C(F)(F)F. The molecule has 0 radical (unpaired) electrons. The Balaban J connectivity index is 2.44. The van der Waals surface area contributed by atoms with Gasteiger partial charge in [-0.25, -0.2) is 0 Å². The standard InChI is InChI=1S/C13H10F3N3S/c14-13(15,16)9-3-1-2-4-10(9)19-11-7-18-6-5-8(11)12(17)20/h1-7,19H,(H2,17,20). The number of thiocarbonyl (C=S) groups is 1. The number of nitrogens with two attached hydrogens (primary N) is 1. The van der Waals surface area contributed by atoms with E-state index in [2.05, 4.69) is 10.3 Å². The van der Waals surface area contributed by atoms with Crippen LogP contribution in [0.5, 0.6) is 0 Å². The molecule has 20 heavy (non-hydrogen) atoms. The molecule has 1 heterocycles. The van der Waals surface area contributed by atoms with Crippen LogP contribution in [0.1, 0.15) is 11.1 Å². The van der Waals surface area contributed by atoms with Crippen LogP contribution < -0.4 is 11.1 Å². The molecule has 0 fully saturated rings. The van der Waals surface area contributed by atoms with Crippen LogP contribution >= 0.6 is 12.2 Å². The Morgan fingerprint density at radius 1 is 1.15 bits per heavy atom. The molecule has 0 saturated carbocycles. The second kappa shape index (κ2) is 5.46. The summed E-state index contributed by atoms with van der Waals surface area (Å²) in [5.74, 6) is 0. The third kappa shape index (κ3) is 3.05. The zero-order chi connectivity index (χ0) is 14.8. The van der Waals surface area contributed by atoms with Crippen molar-refractivity contribution < 1.29 is 13.2 Å². The highest BCUT2D eigenvalue weighted by atomic mass is 32.1. The first-order valence-electron chi connectivity index (χ1n) is 5.56. The Labute approximate surface area is 118 Å². The lowest BCUT2D eigenvalue weighted by molar-refractivity contribution is -0.136. The van der Waals surface area contributed by atoms with Gasteiger partial charge >= 0.3 is 6.18 Å². The van der Waals surface area contributed by atoms with E-state index >= 15 is 0 Å². The summed E-state index contributed by atoms with van der Waals surface area (Å²) >= 11 is 4.86. The average Bonchev–Trinajstić information content (AvgIpc) is 2.38. The summed E-state index contributed by atoms with van der Waals surface area (Å²) in [6.07, 6.45) is -1.60. The van der Waals surface area contributed by atoms with E-state index in [9.17, 15) is 13.2 Å². The third-order valence-electron chi connectivity index (χ3n) is 2.59. The fourth-order valence-electron chi connectivity index (χ4n) is 1.69. The monoisotopic (exact) mass is 297 g/mol. The number of benzene rings is 1. The van der Waals surface area contributed by atoms with Crippen molar-refractivity contribution in [2.45, 2.75) is 6.18 Å². The molecule has 1 aromatic heterocycles. The number of pyridine rings is 1. The molecule has 0 aliphatic heterocycles. The van der Waals surface area contributed by atoms with E-state index in [1.807, 2.05) is 0 Å². The van der Waals surface area contributed by atoms with Crippen molar-refractivity contribution in [2.75, 3.05) is 5.32 Å². The number of hydrogen-bond donors (Lipinski definition) is 2. The Morgan fingerprint density at radius 2 is 1.85 bits per heavy atom. The topological polar surface area (TPSA) is 50.9 Å². The quantitative estimate of drug-likeness (QED) is 0.852. The van der Waals surface area contributed by atoms with Crippen LogP contribution in [-0.2, 0) is 6.18 Å². The normalized spacial score (nSPS) is 11.2. The molecule has 7 heteroatoms. The fourth-order valence-corrected chi connectivity index (χ4v) is 1.87. The summed E-state index contributed by atoms with van der Waals surface area (Å²) in [4.78, 5) is 3.94. The summed E-state index contributed by atoms with van der Waals surface area (Å²) in [5.41, 5.74) is 5.46. The van der Waals surface area contributed by atoms with E-state index in [-0.39, 0.29) is 10.7 Å². The molecule has 0 amide bonds. The molecule has 0 bridgehead atoms. The zero-order valence-electron chi connectivity index (χ0n) is 10.1. The molecule has 1 aromatic carbocycles. The molecule has 104 valence electrons. The lowest BCUT2D eigenvalue weighted by Gasteiger charge is -2.15. The first kappa shape index (κ1) is 14.3. The molecule has 3 N–H and O–H groups in total. The summed E-state index contributed by atoms with van der Waals surface area (Å²) < 4.78 is 38.7. The van der Waals surface area contributed by atoms with E-state index in [1.165, 1.54) is 30.6 Å². The molecule has 0 saturated heterocycles. The number of aromatic nitrogens is 1. The van der Waals surface area contributed by atoms with Crippen molar-refractivity contribution in [3.05, 3.63) is 53.9 Å². The molecule has 2 aromatic rings. The van der Waals surface area contributed by atoms with Gasteiger partial charge in [0.1, 0.15) is 4.99 Å². The largest absolute Gasteiger partial charge is 0.418 e. The number of hydrogen-bond acceptors (Lipinski definition) is 3. The van der Waals surface area contributed by atoms with Gasteiger partial charge in [0.2, 0.25) is 0 Å². The van der Waals surface area contributed by atoms with E-state index in [1.54, 1.807) is 6.07 Å². The van der Waals surface area contributed by atoms with Crippen LogP contribution in [0.2, 0.25) is 0 Å². The third-order valence-corrected chi connectivity index (χ3v) is 2.81. The molecule has 0 atom stereocenters. The second-order valence-electron chi connectivity index (χ2n) is 3.95. The first-order valence-corrected chi connectivity index (χ1v) is 5.97. The predicted octanol–water partition coefficient (Wildman–Crippen LogP) is 3.48. The first-order chi connectivity index (χ1) is 9.39. The van der Waals surface area contributed by atoms with Gasteiger partial charge in [0.15, 0.2) is 0 Å². The molecule has 0 aliphatic rings. The molecular weight excluding hydrogens is 287 g/mol. The van der Waals surface area contributed by atoms with Gasteiger partial charge in [0.25, 0.3) is 0 Å². The summed E-state index contributed by atoms with van der Waals surface area (Å²) in [6.45, 7) is 0. The van der Waals surface area contributed by atoms with Crippen molar-refractivity contribution in [1.29, 1.82) is 0 Å². The maximum absolute atomic E-state index is 12.9. The highest BCUT2D eigenvalue weighted by Gasteiger charge is 2.33. The van der Waals surface area contributed by atoms with Gasteiger partial charge < -0.3 is 11.1 Å². The van der Waals surface area contributed by atoms with Gasteiger partial charge in [-0.1, -0.05) is 24.4 Å². The van der Waals surface area contributed by atoms with Crippen molar-refractivity contribution >= 4 is 28.6 Å². The van der Waals surface area contributed by atoms with Gasteiger partial charge in [0, 0.05) is 11.8 Å². The minimum atomic E-state index is -4.45. The van der Waals surface area contributed by atoms with Crippen molar-refractivity contribution in [3.8, 4) is 0 Å². The van der Waals surface area contributed by atoms with Crippen molar-refractivity contribution in [2.24, 2.45) is 5.73 Å². The fraction of sp³-hybridized carbons (Fsp3) is 0.0769. The maximum atomic E-state index is 12.9. The van der Waals surface area contributed by atoms with Gasteiger partial charge in [-0.3, -0.25) is 4.98 Å². The number of nitrogens with zero attached hydrogens (tertiary/aromatic N) is 1. The van der Waals surface area contributed by atoms with E-state index in [0.29, 0.717) is 11.3 Å². The highest BCUT2D eigenvalue weighted by Crippen LogP contribution is 2.36. The van der Waals surface area contributed by atoms with E-state index < -0.39 is 11.7 Å². The summed E-state index contributed by atoms with van der Waals surface area (Å²) in [5, 5.41) is 2.68. The lowest BCUT2D eigenvalue weighted by atomic mass is 10.1. The average molecular weight is 297 g/mol. The molecule has 0 unspecified atom stereocenters. The predicted molar refractivity (Wildman–Crippen MR) is 74.9 cm³/mol. The number of nitrogens with one attached hydrogen (secondary N) is 1.